The van der Waals surface area contributed by atoms with Crippen molar-refractivity contribution in [2.75, 3.05) is 0 Å². The van der Waals surface area contributed by atoms with Gasteiger partial charge in [-0.05, 0) is 22.3 Å². The van der Waals surface area contributed by atoms with Crippen LogP contribution in [0, 0.1) is 5.92 Å². The van der Waals surface area contributed by atoms with E-state index >= 15 is 0 Å². The second kappa shape index (κ2) is 7.22. The van der Waals surface area contributed by atoms with E-state index < -0.39 is 12.3 Å². The number of hydrogen-bond acceptors (Lipinski definition) is 6. The summed E-state index contributed by atoms with van der Waals surface area (Å²) in [4.78, 5) is 25.2. The average Bonchev–Trinajstić information content (AvgIpc) is 3.35. The Labute approximate surface area is 161 Å². The molecule has 1 aliphatic rings. The molecule has 1 saturated heterocycles. The van der Waals surface area contributed by atoms with Crippen molar-refractivity contribution >= 4 is 12.4 Å². The first kappa shape index (κ1) is 17.8. The first-order valence-corrected chi connectivity index (χ1v) is 8.96. The molecular weight excluding hydrogens is 358 g/mol. The summed E-state index contributed by atoms with van der Waals surface area (Å²) in [6, 6.07) is 14.8. The number of hydrogen-bond donors (Lipinski definition) is 1. The van der Waals surface area contributed by atoms with Crippen LogP contribution in [0.4, 0.5) is 0 Å². The van der Waals surface area contributed by atoms with E-state index in [0.717, 1.165) is 22.3 Å². The summed E-state index contributed by atoms with van der Waals surface area (Å²) >= 11 is 0. The number of amides is 1. The smallest absolute Gasteiger partial charge is 0.331 e. The lowest BCUT2D eigenvalue weighted by atomic mass is 9.98. The third-order valence-electron chi connectivity index (χ3n) is 4.83. The standard InChI is InChI=1S/C20H19N5O3/c1-12(2)17-20(27)28-19(25(17)11-26)14-9-7-13(8-10-14)15-5-3-4-6-16(15)18-21-23-24-22-18/h3-12,17,19H,1-2H3,(H,21,22,23,24)/t17-,19?/m0/s1. The predicted octanol–water partition coefficient (Wildman–Crippen LogP) is 2.57. The molecule has 1 unspecified atom stereocenters. The van der Waals surface area contributed by atoms with Crippen LogP contribution < -0.4 is 0 Å². The van der Waals surface area contributed by atoms with Crippen LogP contribution in [-0.2, 0) is 14.3 Å². The van der Waals surface area contributed by atoms with Crippen LogP contribution in [0.15, 0.2) is 48.5 Å². The van der Waals surface area contributed by atoms with Crippen molar-refractivity contribution < 1.29 is 14.3 Å². The lowest BCUT2D eigenvalue weighted by molar-refractivity contribution is -0.143. The number of aromatic nitrogens is 4. The van der Waals surface area contributed by atoms with Gasteiger partial charge in [-0.1, -0.05) is 62.4 Å². The molecule has 0 saturated carbocycles. The van der Waals surface area contributed by atoms with E-state index in [1.165, 1.54) is 4.90 Å². The third-order valence-corrected chi connectivity index (χ3v) is 4.83. The Morgan fingerprint density at radius 1 is 1.11 bits per heavy atom. The van der Waals surface area contributed by atoms with Crippen LogP contribution >= 0.6 is 0 Å². The Bertz CT molecular complexity index is 985. The summed E-state index contributed by atoms with van der Waals surface area (Å²) in [5.41, 5.74) is 3.49. The second-order valence-electron chi connectivity index (χ2n) is 6.93. The number of nitrogens with one attached hydrogen (secondary N) is 1. The molecule has 2 heterocycles. The molecule has 0 bridgehead atoms. The first-order chi connectivity index (χ1) is 13.6. The van der Waals surface area contributed by atoms with Crippen molar-refractivity contribution in [3.63, 3.8) is 0 Å². The number of nitrogens with zero attached hydrogens (tertiary/aromatic N) is 4. The number of esters is 1. The Morgan fingerprint density at radius 3 is 2.43 bits per heavy atom. The van der Waals surface area contributed by atoms with Gasteiger partial charge in [0.1, 0.15) is 6.04 Å². The summed E-state index contributed by atoms with van der Waals surface area (Å²) in [5.74, 6) is 0.110. The van der Waals surface area contributed by atoms with Gasteiger partial charge in [0.05, 0.1) is 0 Å². The number of carbonyl (C=O) groups is 2. The number of rotatable bonds is 5. The van der Waals surface area contributed by atoms with Gasteiger partial charge in [-0.2, -0.15) is 5.21 Å². The largest absolute Gasteiger partial charge is 0.436 e. The zero-order valence-corrected chi connectivity index (χ0v) is 15.4. The van der Waals surface area contributed by atoms with Gasteiger partial charge >= 0.3 is 5.97 Å². The molecule has 1 aliphatic heterocycles. The van der Waals surface area contributed by atoms with E-state index in [-0.39, 0.29) is 11.9 Å². The Morgan fingerprint density at radius 2 is 1.82 bits per heavy atom. The molecule has 2 aromatic carbocycles. The van der Waals surface area contributed by atoms with Crippen LogP contribution in [-0.4, -0.2) is 43.9 Å². The number of H-pyrrole nitrogens is 1. The molecule has 28 heavy (non-hydrogen) atoms. The molecular formula is C20H19N5O3. The molecule has 2 atom stereocenters. The quantitative estimate of drug-likeness (QED) is 0.542. The number of aromatic amines is 1. The molecule has 1 amide bonds. The van der Waals surface area contributed by atoms with E-state index in [9.17, 15) is 9.59 Å². The van der Waals surface area contributed by atoms with Crippen molar-refractivity contribution in [2.45, 2.75) is 26.1 Å². The normalized spacial score (nSPS) is 19.1. The summed E-state index contributed by atoms with van der Waals surface area (Å²) in [6.07, 6.45) is -0.0291. The van der Waals surface area contributed by atoms with Gasteiger partial charge in [-0.15, -0.1) is 10.2 Å². The summed E-state index contributed by atoms with van der Waals surface area (Å²) in [7, 11) is 0. The molecule has 1 N–H and O–H groups in total. The second-order valence-corrected chi connectivity index (χ2v) is 6.93. The first-order valence-electron chi connectivity index (χ1n) is 8.96. The zero-order chi connectivity index (χ0) is 19.7. The fourth-order valence-corrected chi connectivity index (χ4v) is 3.52. The topological polar surface area (TPSA) is 101 Å². The lowest BCUT2D eigenvalue weighted by Gasteiger charge is -2.24. The van der Waals surface area contributed by atoms with E-state index in [1.807, 2.05) is 62.4 Å². The highest BCUT2D eigenvalue weighted by Crippen LogP contribution is 2.35. The minimum absolute atomic E-state index is 0.0242. The molecule has 142 valence electrons. The molecule has 1 aromatic heterocycles. The van der Waals surface area contributed by atoms with Crippen molar-refractivity contribution in [1.82, 2.24) is 25.5 Å². The summed E-state index contributed by atoms with van der Waals surface area (Å²) in [6.45, 7) is 3.78. The van der Waals surface area contributed by atoms with Crippen molar-refractivity contribution in [1.29, 1.82) is 0 Å². The fourth-order valence-electron chi connectivity index (χ4n) is 3.52. The zero-order valence-electron chi connectivity index (χ0n) is 15.4. The highest BCUT2D eigenvalue weighted by molar-refractivity contribution is 5.82. The van der Waals surface area contributed by atoms with Crippen LogP contribution in [0.25, 0.3) is 22.5 Å². The molecule has 3 aromatic rings. The SMILES string of the molecule is CC(C)[C@H]1C(=O)OC(c2ccc(-c3ccccc3-c3nn[nH]n3)cc2)N1C=O. The minimum Gasteiger partial charge on any atom is -0.436 e. The minimum atomic E-state index is -0.709. The van der Waals surface area contributed by atoms with Crippen LogP contribution in [0.2, 0.25) is 0 Å². The van der Waals surface area contributed by atoms with Gasteiger partial charge in [-0.3, -0.25) is 9.69 Å². The summed E-state index contributed by atoms with van der Waals surface area (Å²) < 4.78 is 5.48. The molecule has 4 rings (SSSR count). The number of carbonyl (C=O) groups excluding carboxylic acids is 2. The Hall–Kier alpha value is -3.55. The van der Waals surface area contributed by atoms with E-state index in [4.69, 9.17) is 4.74 Å². The van der Waals surface area contributed by atoms with Gasteiger partial charge in [0, 0.05) is 11.1 Å². The molecule has 0 aliphatic carbocycles. The molecule has 0 radical (unpaired) electrons. The predicted molar refractivity (Wildman–Crippen MR) is 100 cm³/mol. The van der Waals surface area contributed by atoms with Gasteiger partial charge in [-0.25, -0.2) is 4.79 Å². The number of tetrazole rings is 1. The van der Waals surface area contributed by atoms with Crippen molar-refractivity contribution in [3.05, 3.63) is 54.1 Å². The third kappa shape index (κ3) is 3.02. The van der Waals surface area contributed by atoms with Crippen LogP contribution in [0.3, 0.4) is 0 Å². The number of ether oxygens (including phenoxy) is 1. The van der Waals surface area contributed by atoms with Crippen molar-refractivity contribution in [3.8, 4) is 22.5 Å². The fraction of sp³-hybridized carbons (Fsp3) is 0.250. The molecule has 8 heteroatoms. The lowest BCUT2D eigenvalue weighted by Crippen LogP contribution is -2.37. The maximum Gasteiger partial charge on any atom is 0.331 e. The van der Waals surface area contributed by atoms with Gasteiger partial charge in [0.25, 0.3) is 0 Å². The van der Waals surface area contributed by atoms with Gasteiger partial charge in [0.2, 0.25) is 18.5 Å². The van der Waals surface area contributed by atoms with Crippen molar-refractivity contribution in [2.24, 2.45) is 5.92 Å². The van der Waals surface area contributed by atoms with E-state index in [0.29, 0.717) is 12.2 Å². The number of benzene rings is 2. The molecule has 8 nitrogen and oxygen atoms in total. The number of cyclic esters (lactones) is 1. The highest BCUT2D eigenvalue weighted by atomic mass is 16.6. The van der Waals surface area contributed by atoms with E-state index in [1.54, 1.807) is 0 Å². The van der Waals surface area contributed by atoms with Crippen LogP contribution in [0.1, 0.15) is 25.6 Å². The maximum absolute atomic E-state index is 12.2. The molecule has 1 fully saturated rings. The van der Waals surface area contributed by atoms with Crippen LogP contribution in [0.5, 0.6) is 0 Å². The maximum atomic E-state index is 12.2. The summed E-state index contributed by atoms with van der Waals surface area (Å²) in [5, 5.41) is 14.2. The van der Waals surface area contributed by atoms with Gasteiger partial charge in [0.15, 0.2) is 0 Å². The Balaban J connectivity index is 1.66. The molecule has 0 spiro atoms. The Kier molecular flexibility index (Phi) is 4.60. The average molecular weight is 377 g/mol. The monoisotopic (exact) mass is 377 g/mol. The van der Waals surface area contributed by atoms with Gasteiger partial charge < -0.3 is 4.74 Å². The van der Waals surface area contributed by atoms with E-state index in [2.05, 4.69) is 20.6 Å². The highest BCUT2D eigenvalue weighted by Gasteiger charge is 2.43.